The number of nitrogens with zero attached hydrogens (tertiary/aromatic N) is 4. The lowest BCUT2D eigenvalue weighted by molar-refractivity contribution is -0.147. The van der Waals surface area contributed by atoms with Crippen LogP contribution in [0.2, 0.25) is 0 Å². The molecule has 8 atom stereocenters. The second-order valence-corrected chi connectivity index (χ2v) is 16.3. The highest BCUT2D eigenvalue weighted by molar-refractivity contribution is 6.03. The van der Waals surface area contributed by atoms with Gasteiger partial charge >= 0.3 is 0 Å². The first-order valence-corrected chi connectivity index (χ1v) is 20.3. The average Bonchev–Trinajstić information content (AvgIpc) is 3.72. The van der Waals surface area contributed by atoms with Gasteiger partial charge in [0.25, 0.3) is 0 Å². The number of likely N-dealkylation sites (tertiary alicyclic amines) is 1. The van der Waals surface area contributed by atoms with Gasteiger partial charge in [0.2, 0.25) is 41.4 Å². The molecule has 0 aromatic rings. The third-order valence-corrected chi connectivity index (χ3v) is 11.5. The minimum atomic E-state index is -0.929. The van der Waals surface area contributed by atoms with Crippen LogP contribution in [0.1, 0.15) is 107 Å². The standard InChI is InChI=1S/C41H70N6O9/c1-13-26(6)36(30(55-11)23-33(50)46-21-17-18-29(46)37(56-12)28(8)38(42)51)45(10)41(54)34(24(2)3)43-39(52)35(25(4)5)44(9)31(48)19-15-14-16-20-47-32(49)22-27(7)40(47)53/h18,24-28,30,34-37H,13-17,19-23H2,1-12H3,(H2,42,51)(H,43,52)/t26-,27?,28+,30+,34+,35-,36-,37+/m0/s1. The molecule has 0 aromatic heterocycles. The Bertz CT molecular complexity index is 1430. The summed E-state index contributed by atoms with van der Waals surface area (Å²) < 4.78 is 11.6. The van der Waals surface area contributed by atoms with Gasteiger partial charge in [-0.3, -0.25) is 38.5 Å². The molecule has 0 spiro atoms. The topological polar surface area (TPSA) is 189 Å². The summed E-state index contributed by atoms with van der Waals surface area (Å²) in [4.78, 5) is 97.8. The second-order valence-electron chi connectivity index (χ2n) is 16.3. The van der Waals surface area contributed by atoms with Gasteiger partial charge in [-0.1, -0.05) is 74.3 Å². The lowest BCUT2D eigenvalue weighted by atomic mass is 9.89. The number of unbranched alkanes of at least 4 members (excludes halogenated alkanes) is 2. The van der Waals surface area contributed by atoms with Gasteiger partial charge in [-0.15, -0.1) is 0 Å². The van der Waals surface area contributed by atoms with Crippen molar-refractivity contribution in [2.24, 2.45) is 35.3 Å². The van der Waals surface area contributed by atoms with E-state index >= 15 is 0 Å². The molecular formula is C41H70N6O9. The van der Waals surface area contributed by atoms with E-state index in [0.717, 1.165) is 0 Å². The summed E-state index contributed by atoms with van der Waals surface area (Å²) in [6.45, 7) is 15.5. The number of carbonyl (C=O) groups is 7. The van der Waals surface area contributed by atoms with Crippen molar-refractivity contribution in [1.29, 1.82) is 0 Å². The van der Waals surface area contributed by atoms with E-state index in [0.29, 0.717) is 50.9 Å². The van der Waals surface area contributed by atoms with E-state index in [2.05, 4.69) is 5.32 Å². The van der Waals surface area contributed by atoms with Crippen LogP contribution in [0.5, 0.6) is 0 Å². The van der Waals surface area contributed by atoms with Crippen molar-refractivity contribution in [2.75, 3.05) is 41.4 Å². The Hall–Kier alpha value is -3.85. The summed E-state index contributed by atoms with van der Waals surface area (Å²) in [5, 5.41) is 2.96. The number of amides is 7. The molecule has 1 unspecified atom stereocenters. The Morgan fingerprint density at radius 1 is 0.946 bits per heavy atom. The van der Waals surface area contributed by atoms with Gasteiger partial charge < -0.3 is 35.2 Å². The third-order valence-electron chi connectivity index (χ3n) is 11.5. The van der Waals surface area contributed by atoms with Crippen LogP contribution in [0.4, 0.5) is 0 Å². The first-order valence-electron chi connectivity index (χ1n) is 20.3. The van der Waals surface area contributed by atoms with E-state index in [1.165, 1.54) is 24.0 Å². The van der Waals surface area contributed by atoms with Crippen molar-refractivity contribution in [3.05, 3.63) is 11.8 Å². The molecule has 0 aromatic carbocycles. The number of methoxy groups -OCH3 is 2. The zero-order valence-electron chi connectivity index (χ0n) is 36.0. The fraction of sp³-hybridized carbons (Fsp3) is 0.780. The Kier molecular flexibility index (Phi) is 19.1. The van der Waals surface area contributed by atoms with Gasteiger partial charge in [-0.2, -0.15) is 0 Å². The Labute approximate surface area is 334 Å². The molecule has 15 nitrogen and oxygen atoms in total. The van der Waals surface area contributed by atoms with Crippen molar-refractivity contribution in [3.63, 3.8) is 0 Å². The van der Waals surface area contributed by atoms with Crippen molar-refractivity contribution in [1.82, 2.24) is 24.9 Å². The molecule has 1 fully saturated rings. The quantitative estimate of drug-likeness (QED) is 0.116. The van der Waals surface area contributed by atoms with E-state index in [1.54, 1.807) is 37.7 Å². The lowest BCUT2D eigenvalue weighted by Crippen LogP contribution is -2.60. The third kappa shape index (κ3) is 12.1. The highest BCUT2D eigenvalue weighted by atomic mass is 16.5. The minimum Gasteiger partial charge on any atom is -0.379 e. The summed E-state index contributed by atoms with van der Waals surface area (Å²) >= 11 is 0. The number of hydrogen-bond donors (Lipinski definition) is 2. The van der Waals surface area contributed by atoms with Crippen molar-refractivity contribution in [2.45, 2.75) is 137 Å². The van der Waals surface area contributed by atoms with Gasteiger partial charge in [-0.05, 0) is 37.0 Å². The Morgan fingerprint density at radius 2 is 1.59 bits per heavy atom. The van der Waals surface area contributed by atoms with Crippen molar-refractivity contribution in [3.8, 4) is 0 Å². The molecule has 318 valence electrons. The van der Waals surface area contributed by atoms with Crippen LogP contribution in [0.25, 0.3) is 0 Å². The number of nitrogens with one attached hydrogen (secondary N) is 1. The molecule has 2 rings (SSSR count). The molecule has 0 bridgehead atoms. The number of imide groups is 1. The van der Waals surface area contributed by atoms with Gasteiger partial charge in [0, 0.05) is 65.9 Å². The van der Waals surface area contributed by atoms with Crippen LogP contribution in [-0.4, -0.2) is 133 Å². The number of carbonyl (C=O) groups excluding carboxylic acids is 7. The van der Waals surface area contributed by atoms with Crippen LogP contribution < -0.4 is 11.1 Å². The lowest BCUT2D eigenvalue weighted by Gasteiger charge is -2.41. The first kappa shape index (κ1) is 48.3. The molecule has 2 aliphatic rings. The zero-order chi connectivity index (χ0) is 42.6. The molecule has 2 heterocycles. The highest BCUT2D eigenvalue weighted by Gasteiger charge is 2.41. The van der Waals surface area contributed by atoms with E-state index in [4.69, 9.17) is 15.2 Å². The maximum Gasteiger partial charge on any atom is 0.245 e. The molecule has 15 heteroatoms. The molecule has 0 saturated carbocycles. The monoisotopic (exact) mass is 791 g/mol. The summed E-state index contributed by atoms with van der Waals surface area (Å²) in [5.74, 6) is -3.69. The maximum absolute atomic E-state index is 14.4. The Balaban J connectivity index is 2.17. The van der Waals surface area contributed by atoms with Crippen LogP contribution >= 0.6 is 0 Å². The van der Waals surface area contributed by atoms with Gasteiger partial charge in [0.05, 0.1) is 24.5 Å². The maximum atomic E-state index is 14.4. The number of ether oxygens (including phenoxy) is 2. The largest absolute Gasteiger partial charge is 0.379 e. The fourth-order valence-corrected chi connectivity index (χ4v) is 7.90. The van der Waals surface area contributed by atoms with Crippen molar-refractivity contribution < 1.29 is 43.0 Å². The van der Waals surface area contributed by atoms with Crippen molar-refractivity contribution >= 4 is 41.4 Å². The summed E-state index contributed by atoms with van der Waals surface area (Å²) in [6.07, 6.45) is 3.93. The predicted molar refractivity (Wildman–Crippen MR) is 212 cm³/mol. The SMILES string of the molecule is CC[C@H](C)[C@@H]([C@@H](CC(=O)N1CCC=C1[C@H](OC)[C@@H](C)C(N)=O)OC)N(C)C(=O)[C@H](NC(=O)[C@H](C(C)C)N(C)C(=O)CCCCCN1C(=O)CC(C)C1=O)C(C)C. The number of nitrogens with two attached hydrogens (primary N) is 1. The van der Waals surface area contributed by atoms with Crippen LogP contribution in [0.3, 0.4) is 0 Å². The van der Waals surface area contributed by atoms with E-state index < -0.39 is 48.1 Å². The molecular weight excluding hydrogens is 720 g/mol. The number of hydrogen-bond acceptors (Lipinski definition) is 9. The second kappa shape index (κ2) is 22.2. The number of primary amides is 1. The molecule has 7 amide bonds. The van der Waals surface area contributed by atoms with E-state index in [-0.39, 0.29) is 72.5 Å². The van der Waals surface area contributed by atoms with Crippen LogP contribution in [0, 0.1) is 29.6 Å². The summed E-state index contributed by atoms with van der Waals surface area (Å²) in [6, 6.07) is -2.30. The van der Waals surface area contributed by atoms with Crippen LogP contribution in [0.15, 0.2) is 11.8 Å². The molecule has 3 N–H and O–H groups in total. The number of likely N-dealkylation sites (N-methyl/N-ethyl adjacent to an activating group) is 2. The Morgan fingerprint density at radius 3 is 2.09 bits per heavy atom. The van der Waals surface area contributed by atoms with Gasteiger partial charge in [-0.25, -0.2) is 0 Å². The molecule has 0 radical (unpaired) electrons. The number of rotatable bonds is 23. The highest BCUT2D eigenvalue weighted by Crippen LogP contribution is 2.29. The normalized spacial score (nSPS) is 19.7. The average molecular weight is 791 g/mol. The predicted octanol–water partition coefficient (Wildman–Crippen LogP) is 3.10. The van der Waals surface area contributed by atoms with Gasteiger partial charge in [0.15, 0.2) is 0 Å². The fourth-order valence-electron chi connectivity index (χ4n) is 7.90. The van der Waals surface area contributed by atoms with E-state index in [9.17, 15) is 33.6 Å². The molecule has 1 saturated heterocycles. The minimum absolute atomic E-state index is 0.0450. The smallest absolute Gasteiger partial charge is 0.245 e. The molecule has 0 aliphatic carbocycles. The van der Waals surface area contributed by atoms with Gasteiger partial charge in [0.1, 0.15) is 18.2 Å². The van der Waals surface area contributed by atoms with Crippen LogP contribution in [-0.2, 0) is 43.0 Å². The summed E-state index contributed by atoms with van der Waals surface area (Å²) in [7, 11) is 6.25. The molecule has 56 heavy (non-hydrogen) atoms. The zero-order valence-corrected chi connectivity index (χ0v) is 36.0. The first-order chi connectivity index (χ1) is 26.2. The molecule has 2 aliphatic heterocycles. The summed E-state index contributed by atoms with van der Waals surface area (Å²) in [5.41, 5.74) is 6.15. The van der Waals surface area contributed by atoms with E-state index in [1.807, 2.05) is 47.6 Å².